The van der Waals surface area contributed by atoms with Gasteiger partial charge < -0.3 is 19.4 Å². The van der Waals surface area contributed by atoms with Crippen LogP contribution in [0.1, 0.15) is 10.5 Å². The van der Waals surface area contributed by atoms with Gasteiger partial charge in [-0.1, -0.05) is 0 Å². The Morgan fingerprint density at radius 3 is 2.68 bits per heavy atom. The van der Waals surface area contributed by atoms with E-state index in [4.69, 9.17) is 9.47 Å². The van der Waals surface area contributed by atoms with Crippen LogP contribution in [0.3, 0.4) is 0 Å². The van der Waals surface area contributed by atoms with E-state index in [2.05, 4.69) is 10.3 Å². The first-order valence-corrected chi connectivity index (χ1v) is 5.65. The summed E-state index contributed by atoms with van der Waals surface area (Å²) in [5, 5.41) is 2.77. The van der Waals surface area contributed by atoms with Crippen molar-refractivity contribution in [1.82, 2.24) is 9.55 Å². The van der Waals surface area contributed by atoms with Crippen LogP contribution in [0, 0.1) is 0 Å². The number of rotatable bonds is 4. The van der Waals surface area contributed by atoms with Crippen molar-refractivity contribution >= 4 is 11.6 Å². The molecule has 19 heavy (non-hydrogen) atoms. The first kappa shape index (κ1) is 12.9. The molecule has 2 aromatic rings. The fraction of sp³-hybridized carbons (Fsp3) is 0.231. The minimum Gasteiger partial charge on any atom is -0.497 e. The molecule has 0 fully saturated rings. The summed E-state index contributed by atoms with van der Waals surface area (Å²) >= 11 is 0. The van der Waals surface area contributed by atoms with Crippen molar-refractivity contribution in [3.05, 3.63) is 36.4 Å². The monoisotopic (exact) mass is 261 g/mol. The maximum absolute atomic E-state index is 12.1. The minimum absolute atomic E-state index is 0.258. The first-order chi connectivity index (χ1) is 9.15. The highest BCUT2D eigenvalue weighted by atomic mass is 16.5. The summed E-state index contributed by atoms with van der Waals surface area (Å²) in [6.45, 7) is 0. The number of imidazole rings is 1. The zero-order chi connectivity index (χ0) is 13.8. The van der Waals surface area contributed by atoms with E-state index in [-0.39, 0.29) is 5.91 Å². The molecule has 0 aliphatic rings. The van der Waals surface area contributed by atoms with E-state index in [9.17, 15) is 4.79 Å². The first-order valence-electron chi connectivity index (χ1n) is 5.65. The number of methoxy groups -OCH3 is 2. The van der Waals surface area contributed by atoms with Gasteiger partial charge in [-0.3, -0.25) is 4.79 Å². The van der Waals surface area contributed by atoms with Crippen LogP contribution in [0.25, 0.3) is 0 Å². The van der Waals surface area contributed by atoms with Gasteiger partial charge in [-0.2, -0.15) is 0 Å². The van der Waals surface area contributed by atoms with Gasteiger partial charge in [-0.25, -0.2) is 4.98 Å². The van der Waals surface area contributed by atoms with Crippen molar-refractivity contribution in [3.63, 3.8) is 0 Å². The van der Waals surface area contributed by atoms with Crippen molar-refractivity contribution in [2.75, 3.05) is 19.5 Å². The standard InChI is InChI=1S/C13H15N3O3/c1-16-8-14-7-11(16)13(17)15-10-6-9(18-2)4-5-12(10)19-3/h4-8H,1-3H3,(H,15,17). The molecule has 0 saturated heterocycles. The van der Waals surface area contributed by atoms with Crippen LogP contribution in [0.2, 0.25) is 0 Å². The fourth-order valence-electron chi connectivity index (χ4n) is 1.67. The van der Waals surface area contributed by atoms with Gasteiger partial charge in [0.25, 0.3) is 5.91 Å². The molecule has 0 aliphatic heterocycles. The highest BCUT2D eigenvalue weighted by Crippen LogP contribution is 2.29. The van der Waals surface area contributed by atoms with Crippen LogP contribution in [0.5, 0.6) is 11.5 Å². The van der Waals surface area contributed by atoms with Crippen molar-refractivity contribution in [1.29, 1.82) is 0 Å². The number of nitrogens with one attached hydrogen (secondary N) is 1. The minimum atomic E-state index is -0.258. The molecule has 1 aromatic heterocycles. The van der Waals surface area contributed by atoms with E-state index >= 15 is 0 Å². The van der Waals surface area contributed by atoms with E-state index in [1.54, 1.807) is 50.4 Å². The summed E-state index contributed by atoms with van der Waals surface area (Å²) in [6, 6.07) is 5.20. The number of carbonyl (C=O) groups excluding carboxylic acids is 1. The lowest BCUT2D eigenvalue weighted by Gasteiger charge is -2.11. The van der Waals surface area contributed by atoms with Gasteiger partial charge in [-0.15, -0.1) is 0 Å². The molecule has 1 amide bonds. The molecule has 0 saturated carbocycles. The summed E-state index contributed by atoms with van der Waals surface area (Å²) in [5.74, 6) is 0.948. The van der Waals surface area contributed by atoms with Gasteiger partial charge in [0.15, 0.2) is 0 Å². The molecule has 6 nitrogen and oxygen atoms in total. The van der Waals surface area contributed by atoms with Crippen molar-refractivity contribution in [3.8, 4) is 11.5 Å². The second-order valence-corrected chi connectivity index (χ2v) is 3.91. The zero-order valence-electron chi connectivity index (χ0n) is 11.0. The topological polar surface area (TPSA) is 65.4 Å². The van der Waals surface area contributed by atoms with Crippen LogP contribution in [-0.2, 0) is 7.05 Å². The molecule has 1 aromatic carbocycles. The number of benzene rings is 1. The molecule has 1 heterocycles. The summed E-state index contributed by atoms with van der Waals surface area (Å²) < 4.78 is 12.0. The molecule has 0 unspecified atom stereocenters. The van der Waals surface area contributed by atoms with Crippen molar-refractivity contribution < 1.29 is 14.3 Å². The lowest BCUT2D eigenvalue weighted by Crippen LogP contribution is -2.15. The van der Waals surface area contributed by atoms with E-state index in [1.807, 2.05) is 0 Å². The molecule has 0 atom stereocenters. The largest absolute Gasteiger partial charge is 0.497 e. The van der Waals surface area contributed by atoms with E-state index in [0.29, 0.717) is 22.9 Å². The highest BCUT2D eigenvalue weighted by Gasteiger charge is 2.13. The maximum Gasteiger partial charge on any atom is 0.274 e. The predicted molar refractivity (Wildman–Crippen MR) is 70.7 cm³/mol. The van der Waals surface area contributed by atoms with Crippen LogP contribution in [0.15, 0.2) is 30.7 Å². The predicted octanol–water partition coefficient (Wildman–Crippen LogP) is 1.69. The van der Waals surface area contributed by atoms with Gasteiger partial charge in [-0.05, 0) is 12.1 Å². The van der Waals surface area contributed by atoms with Gasteiger partial charge in [0.1, 0.15) is 17.2 Å². The zero-order valence-corrected chi connectivity index (χ0v) is 11.0. The van der Waals surface area contributed by atoms with E-state index in [1.165, 1.54) is 6.20 Å². The fourth-order valence-corrected chi connectivity index (χ4v) is 1.67. The SMILES string of the molecule is COc1ccc(OC)c(NC(=O)c2cncn2C)c1. The number of ether oxygens (including phenoxy) is 2. The van der Waals surface area contributed by atoms with Gasteiger partial charge in [0, 0.05) is 13.1 Å². The average molecular weight is 261 g/mol. The van der Waals surface area contributed by atoms with Crippen LogP contribution < -0.4 is 14.8 Å². The molecule has 2 rings (SSSR count). The third kappa shape index (κ3) is 2.67. The Hall–Kier alpha value is -2.50. The lowest BCUT2D eigenvalue weighted by molar-refractivity contribution is 0.101. The molecule has 100 valence electrons. The normalized spacial score (nSPS) is 10.1. The van der Waals surface area contributed by atoms with Crippen LogP contribution in [-0.4, -0.2) is 29.7 Å². The molecule has 0 radical (unpaired) electrons. The third-order valence-electron chi connectivity index (χ3n) is 2.70. The molecule has 1 N–H and O–H groups in total. The Bertz CT molecular complexity index is 593. The second kappa shape index (κ2) is 5.43. The van der Waals surface area contributed by atoms with Gasteiger partial charge in [0.05, 0.1) is 32.4 Å². The molecular formula is C13H15N3O3. The van der Waals surface area contributed by atoms with Crippen molar-refractivity contribution in [2.45, 2.75) is 0 Å². The third-order valence-corrected chi connectivity index (χ3v) is 2.70. The van der Waals surface area contributed by atoms with Crippen molar-refractivity contribution in [2.24, 2.45) is 7.05 Å². The molecular weight excluding hydrogens is 246 g/mol. The van der Waals surface area contributed by atoms with Crippen LogP contribution in [0.4, 0.5) is 5.69 Å². The smallest absolute Gasteiger partial charge is 0.274 e. The highest BCUT2D eigenvalue weighted by molar-refractivity contribution is 6.03. The van der Waals surface area contributed by atoms with Gasteiger partial charge >= 0.3 is 0 Å². The Morgan fingerprint density at radius 2 is 2.11 bits per heavy atom. The van der Waals surface area contributed by atoms with E-state index in [0.717, 1.165) is 0 Å². The van der Waals surface area contributed by atoms with Crippen LogP contribution >= 0.6 is 0 Å². The number of aryl methyl sites for hydroxylation is 1. The number of anilines is 1. The molecule has 6 heteroatoms. The Morgan fingerprint density at radius 1 is 1.32 bits per heavy atom. The number of hydrogen-bond acceptors (Lipinski definition) is 4. The Balaban J connectivity index is 2.27. The number of carbonyl (C=O) groups is 1. The number of nitrogens with zero attached hydrogens (tertiary/aromatic N) is 2. The second-order valence-electron chi connectivity index (χ2n) is 3.91. The quantitative estimate of drug-likeness (QED) is 0.909. The summed E-state index contributed by atoms with van der Waals surface area (Å²) in [7, 11) is 4.86. The van der Waals surface area contributed by atoms with Gasteiger partial charge in [0.2, 0.25) is 0 Å². The number of aromatic nitrogens is 2. The maximum atomic E-state index is 12.1. The molecule has 0 bridgehead atoms. The molecule has 0 aliphatic carbocycles. The summed E-state index contributed by atoms with van der Waals surface area (Å²) in [4.78, 5) is 16.0. The Kier molecular flexibility index (Phi) is 3.70. The summed E-state index contributed by atoms with van der Waals surface area (Å²) in [5.41, 5.74) is 1.01. The summed E-state index contributed by atoms with van der Waals surface area (Å²) in [6.07, 6.45) is 3.07. The Labute approximate surface area is 111 Å². The average Bonchev–Trinajstić information content (AvgIpc) is 2.85. The lowest BCUT2D eigenvalue weighted by atomic mass is 10.2. The van der Waals surface area contributed by atoms with E-state index < -0.39 is 0 Å². The molecule has 0 spiro atoms. The number of amides is 1. The number of hydrogen-bond donors (Lipinski definition) is 1.